The summed E-state index contributed by atoms with van der Waals surface area (Å²) in [7, 11) is 0. The Balaban J connectivity index is 3.07. The van der Waals surface area contributed by atoms with Crippen molar-refractivity contribution in [2.24, 2.45) is 0 Å². The Morgan fingerprint density at radius 1 is 1.53 bits per heavy atom. The fourth-order valence-electron chi connectivity index (χ4n) is 1.26. The first-order valence-corrected chi connectivity index (χ1v) is 4.96. The molecule has 1 N–H and O–H groups in total. The monoisotopic (exact) mass is 209 g/mol. The molecule has 0 aliphatic rings. The maximum atomic E-state index is 11.4. The Morgan fingerprint density at radius 2 is 2.20 bits per heavy atom. The Labute approximate surface area is 88.3 Å². The number of ether oxygens (including phenoxy) is 1. The van der Waals surface area contributed by atoms with Crippen molar-refractivity contribution in [3.05, 3.63) is 33.7 Å². The Hall–Kier alpha value is -1.58. The van der Waals surface area contributed by atoms with E-state index in [0.29, 0.717) is 17.7 Å². The second-order valence-corrected chi connectivity index (χ2v) is 3.55. The molecule has 0 atom stereocenters. The second-order valence-electron chi connectivity index (χ2n) is 3.55. The van der Waals surface area contributed by atoms with Crippen molar-refractivity contribution >= 4 is 5.97 Å². The van der Waals surface area contributed by atoms with Gasteiger partial charge in [0, 0.05) is 11.8 Å². The van der Waals surface area contributed by atoms with Crippen molar-refractivity contribution in [1.82, 2.24) is 4.98 Å². The summed E-state index contributed by atoms with van der Waals surface area (Å²) in [4.78, 5) is 25.3. The van der Waals surface area contributed by atoms with Crippen molar-refractivity contribution < 1.29 is 9.53 Å². The van der Waals surface area contributed by atoms with Crippen LogP contribution in [-0.2, 0) is 4.74 Å². The number of hydrogen-bond donors (Lipinski definition) is 1. The predicted molar refractivity (Wildman–Crippen MR) is 57.1 cm³/mol. The summed E-state index contributed by atoms with van der Waals surface area (Å²) in [5.41, 5.74) is 0.832. The number of H-pyrrole nitrogens is 1. The van der Waals surface area contributed by atoms with Crippen LogP contribution in [0.1, 0.15) is 42.6 Å². The van der Waals surface area contributed by atoms with Crippen LogP contribution in [0.15, 0.2) is 17.1 Å². The van der Waals surface area contributed by atoms with Gasteiger partial charge in [-0.15, -0.1) is 0 Å². The summed E-state index contributed by atoms with van der Waals surface area (Å²) in [5.74, 6) is -0.321. The molecule has 0 aliphatic carbocycles. The maximum Gasteiger partial charge on any atom is 0.339 e. The third-order valence-electron chi connectivity index (χ3n) is 2.07. The van der Waals surface area contributed by atoms with Crippen LogP contribution in [0.5, 0.6) is 0 Å². The molecule has 1 rings (SSSR count). The SMILES string of the molecule is CCOC(=O)c1c[nH]c(=O)c(C(C)C)c1. The number of carbonyl (C=O) groups is 1. The van der Waals surface area contributed by atoms with E-state index in [0.717, 1.165) is 0 Å². The van der Waals surface area contributed by atoms with Gasteiger partial charge in [0.05, 0.1) is 12.2 Å². The molecular weight excluding hydrogens is 194 g/mol. The molecule has 4 heteroatoms. The number of hydrogen-bond acceptors (Lipinski definition) is 3. The lowest BCUT2D eigenvalue weighted by Crippen LogP contribution is -2.16. The highest BCUT2D eigenvalue weighted by Gasteiger charge is 2.11. The van der Waals surface area contributed by atoms with E-state index in [1.165, 1.54) is 6.20 Å². The van der Waals surface area contributed by atoms with E-state index in [4.69, 9.17) is 4.74 Å². The molecule has 0 aliphatic heterocycles. The van der Waals surface area contributed by atoms with Gasteiger partial charge in [0.25, 0.3) is 5.56 Å². The smallest absolute Gasteiger partial charge is 0.339 e. The highest BCUT2D eigenvalue weighted by atomic mass is 16.5. The first-order chi connectivity index (χ1) is 7.06. The number of nitrogens with one attached hydrogen (secondary N) is 1. The van der Waals surface area contributed by atoms with E-state index in [2.05, 4.69) is 4.98 Å². The quantitative estimate of drug-likeness (QED) is 0.770. The molecule has 0 saturated carbocycles. The van der Waals surface area contributed by atoms with Gasteiger partial charge in [0.15, 0.2) is 0 Å². The summed E-state index contributed by atoms with van der Waals surface area (Å²) in [6.45, 7) is 5.88. The zero-order valence-electron chi connectivity index (χ0n) is 9.16. The first-order valence-electron chi connectivity index (χ1n) is 4.96. The van der Waals surface area contributed by atoms with Crippen molar-refractivity contribution in [3.63, 3.8) is 0 Å². The van der Waals surface area contributed by atoms with Gasteiger partial charge in [0.1, 0.15) is 0 Å². The van der Waals surface area contributed by atoms with E-state index in [9.17, 15) is 9.59 Å². The molecule has 1 aromatic heterocycles. The topological polar surface area (TPSA) is 59.2 Å². The molecule has 1 heterocycles. The van der Waals surface area contributed by atoms with Crippen molar-refractivity contribution in [3.8, 4) is 0 Å². The minimum absolute atomic E-state index is 0.0862. The molecule has 0 radical (unpaired) electrons. The molecule has 0 spiro atoms. The molecule has 0 saturated heterocycles. The zero-order chi connectivity index (χ0) is 11.4. The molecule has 0 aromatic carbocycles. The summed E-state index contributed by atoms with van der Waals surface area (Å²) in [5, 5.41) is 0. The Morgan fingerprint density at radius 3 is 2.73 bits per heavy atom. The Bertz CT molecular complexity index is 407. The van der Waals surface area contributed by atoms with Crippen molar-refractivity contribution in [1.29, 1.82) is 0 Å². The van der Waals surface area contributed by atoms with Crippen LogP contribution in [0.2, 0.25) is 0 Å². The summed E-state index contributed by atoms with van der Waals surface area (Å²) < 4.78 is 4.84. The van der Waals surface area contributed by atoms with E-state index >= 15 is 0 Å². The molecule has 1 aromatic rings. The lowest BCUT2D eigenvalue weighted by atomic mass is 10.0. The normalized spacial score (nSPS) is 10.4. The molecule has 4 nitrogen and oxygen atoms in total. The van der Waals surface area contributed by atoms with Crippen LogP contribution in [0.3, 0.4) is 0 Å². The van der Waals surface area contributed by atoms with Gasteiger partial charge >= 0.3 is 5.97 Å². The van der Waals surface area contributed by atoms with Crippen molar-refractivity contribution in [2.75, 3.05) is 6.61 Å². The third-order valence-corrected chi connectivity index (χ3v) is 2.07. The lowest BCUT2D eigenvalue weighted by molar-refractivity contribution is 0.0525. The van der Waals surface area contributed by atoms with Crippen LogP contribution >= 0.6 is 0 Å². The van der Waals surface area contributed by atoms with Gasteiger partial charge in [-0.3, -0.25) is 4.79 Å². The largest absolute Gasteiger partial charge is 0.462 e. The van der Waals surface area contributed by atoms with Gasteiger partial charge in [-0.05, 0) is 18.9 Å². The maximum absolute atomic E-state index is 11.4. The number of carbonyl (C=O) groups excluding carboxylic acids is 1. The lowest BCUT2D eigenvalue weighted by Gasteiger charge is -2.06. The average molecular weight is 209 g/mol. The molecular formula is C11H15NO3. The van der Waals surface area contributed by atoms with Crippen LogP contribution in [-0.4, -0.2) is 17.6 Å². The number of aromatic amines is 1. The van der Waals surface area contributed by atoms with Gasteiger partial charge in [-0.2, -0.15) is 0 Å². The van der Waals surface area contributed by atoms with E-state index < -0.39 is 5.97 Å². The molecule has 0 amide bonds. The third kappa shape index (κ3) is 2.68. The van der Waals surface area contributed by atoms with E-state index in [1.807, 2.05) is 13.8 Å². The van der Waals surface area contributed by atoms with Gasteiger partial charge < -0.3 is 9.72 Å². The summed E-state index contributed by atoms with van der Waals surface area (Å²) >= 11 is 0. The van der Waals surface area contributed by atoms with Crippen LogP contribution < -0.4 is 5.56 Å². The van der Waals surface area contributed by atoms with Crippen molar-refractivity contribution in [2.45, 2.75) is 26.7 Å². The predicted octanol–water partition coefficient (Wildman–Crippen LogP) is 1.68. The Kier molecular flexibility index (Phi) is 3.66. The van der Waals surface area contributed by atoms with Crippen LogP contribution in [0.4, 0.5) is 0 Å². The number of esters is 1. The molecule has 15 heavy (non-hydrogen) atoms. The molecule has 0 unspecified atom stereocenters. The highest BCUT2D eigenvalue weighted by molar-refractivity contribution is 5.89. The van der Waals surface area contributed by atoms with Gasteiger partial charge in [-0.1, -0.05) is 13.8 Å². The molecule has 82 valence electrons. The minimum atomic E-state index is -0.407. The van der Waals surface area contributed by atoms with Gasteiger partial charge in [-0.25, -0.2) is 4.79 Å². The summed E-state index contributed by atoms with van der Waals surface area (Å²) in [6, 6.07) is 1.58. The number of rotatable bonds is 3. The average Bonchev–Trinajstić information content (AvgIpc) is 2.18. The first kappa shape index (κ1) is 11.5. The molecule has 0 fully saturated rings. The zero-order valence-corrected chi connectivity index (χ0v) is 9.16. The van der Waals surface area contributed by atoms with E-state index in [1.54, 1.807) is 13.0 Å². The highest BCUT2D eigenvalue weighted by Crippen LogP contribution is 2.10. The van der Waals surface area contributed by atoms with Crippen LogP contribution in [0, 0.1) is 0 Å². The fourth-order valence-corrected chi connectivity index (χ4v) is 1.26. The molecule has 0 bridgehead atoms. The standard InChI is InChI=1S/C11H15NO3/c1-4-15-11(14)8-5-9(7(2)3)10(13)12-6-8/h5-7H,4H2,1-3H3,(H,12,13). The number of aromatic nitrogens is 1. The number of pyridine rings is 1. The second kappa shape index (κ2) is 4.77. The van der Waals surface area contributed by atoms with Crippen LogP contribution in [0.25, 0.3) is 0 Å². The summed E-state index contributed by atoms with van der Waals surface area (Å²) in [6.07, 6.45) is 1.38. The van der Waals surface area contributed by atoms with E-state index in [-0.39, 0.29) is 11.5 Å². The van der Waals surface area contributed by atoms with Gasteiger partial charge in [0.2, 0.25) is 0 Å². The fraction of sp³-hybridized carbons (Fsp3) is 0.455. The minimum Gasteiger partial charge on any atom is -0.462 e.